The Hall–Kier alpha value is -2.97. The van der Waals surface area contributed by atoms with Crippen molar-refractivity contribution in [3.05, 3.63) is 84.4 Å². The molecule has 0 aliphatic carbocycles. The summed E-state index contributed by atoms with van der Waals surface area (Å²) in [5.41, 5.74) is 1.76. The maximum Gasteiger partial charge on any atom is 0.267 e. The number of nitrogens with zero attached hydrogens (tertiary/aromatic N) is 1. The van der Waals surface area contributed by atoms with Gasteiger partial charge in [-0.1, -0.05) is 48.5 Å². The van der Waals surface area contributed by atoms with Crippen LogP contribution in [0.3, 0.4) is 0 Å². The lowest BCUT2D eigenvalue weighted by Gasteiger charge is -2.34. The predicted molar refractivity (Wildman–Crippen MR) is 124 cm³/mol. The van der Waals surface area contributed by atoms with Gasteiger partial charge in [0.2, 0.25) is 10.0 Å². The van der Waals surface area contributed by atoms with Gasteiger partial charge in [0.25, 0.3) is 5.91 Å². The summed E-state index contributed by atoms with van der Waals surface area (Å²) in [6.45, 7) is -0.0970. The highest BCUT2D eigenvalue weighted by Crippen LogP contribution is 2.36. The Morgan fingerprint density at radius 2 is 1.81 bits per heavy atom. The molecule has 1 aliphatic rings. The molecule has 0 spiro atoms. The molecule has 1 heterocycles. The zero-order chi connectivity index (χ0) is 21.8. The van der Waals surface area contributed by atoms with E-state index >= 15 is 0 Å². The van der Waals surface area contributed by atoms with Crippen LogP contribution in [0.4, 0.5) is 11.4 Å². The van der Waals surface area contributed by atoms with Crippen molar-refractivity contribution in [3.63, 3.8) is 0 Å². The van der Waals surface area contributed by atoms with Gasteiger partial charge in [0.15, 0.2) is 6.10 Å². The van der Waals surface area contributed by atoms with Crippen LogP contribution in [0.1, 0.15) is 5.56 Å². The molecule has 1 amide bonds. The Morgan fingerprint density at radius 1 is 1.06 bits per heavy atom. The van der Waals surface area contributed by atoms with E-state index in [0.717, 1.165) is 4.90 Å². The lowest BCUT2D eigenvalue weighted by Crippen LogP contribution is -2.49. The maximum absolute atomic E-state index is 13.3. The van der Waals surface area contributed by atoms with Crippen LogP contribution in [-0.2, 0) is 20.6 Å². The van der Waals surface area contributed by atoms with E-state index in [-0.39, 0.29) is 12.3 Å². The highest BCUT2D eigenvalue weighted by molar-refractivity contribution is 7.98. The SMILES string of the molecule is CSc1cccc(NC(=O)C2CN(S(=O)(=O)Cc3ccccc3)c3ccccc3O2)c1. The third-order valence-electron chi connectivity index (χ3n) is 4.89. The van der Waals surface area contributed by atoms with Crippen molar-refractivity contribution in [3.8, 4) is 5.75 Å². The summed E-state index contributed by atoms with van der Waals surface area (Å²) >= 11 is 1.57. The van der Waals surface area contributed by atoms with Gasteiger partial charge in [-0.25, -0.2) is 8.42 Å². The number of hydrogen-bond donors (Lipinski definition) is 1. The first-order valence-corrected chi connectivity index (χ1v) is 12.5. The fourth-order valence-corrected chi connectivity index (χ4v) is 5.43. The van der Waals surface area contributed by atoms with Gasteiger partial charge in [0.05, 0.1) is 18.0 Å². The molecular formula is C23H22N2O4S2. The molecule has 8 heteroatoms. The number of sulfonamides is 1. The van der Waals surface area contributed by atoms with Crippen LogP contribution < -0.4 is 14.4 Å². The number of carbonyl (C=O) groups is 1. The van der Waals surface area contributed by atoms with Gasteiger partial charge in [0, 0.05) is 10.6 Å². The van der Waals surface area contributed by atoms with Crippen LogP contribution in [0.15, 0.2) is 83.8 Å². The number of fused-ring (bicyclic) bond motifs is 1. The molecule has 3 aromatic carbocycles. The van der Waals surface area contributed by atoms with Crippen molar-refractivity contribution in [2.75, 3.05) is 22.4 Å². The van der Waals surface area contributed by atoms with E-state index in [2.05, 4.69) is 5.32 Å². The van der Waals surface area contributed by atoms with Crippen molar-refractivity contribution in [1.29, 1.82) is 0 Å². The zero-order valence-corrected chi connectivity index (χ0v) is 18.5. The molecule has 31 heavy (non-hydrogen) atoms. The molecule has 1 N–H and O–H groups in total. The molecule has 1 aliphatic heterocycles. The van der Waals surface area contributed by atoms with Crippen LogP contribution in [0.5, 0.6) is 5.75 Å². The molecule has 0 saturated heterocycles. The standard InChI is InChI=1S/C23H22N2O4S2/c1-30-19-11-7-10-18(14-19)24-23(26)22-15-25(20-12-5-6-13-21(20)29-22)31(27,28)16-17-8-3-2-4-9-17/h2-14,22H,15-16H2,1H3,(H,24,26). The lowest BCUT2D eigenvalue weighted by atomic mass is 10.2. The minimum Gasteiger partial charge on any atom is -0.476 e. The second-order valence-corrected chi connectivity index (χ2v) is 9.84. The summed E-state index contributed by atoms with van der Waals surface area (Å²) in [6.07, 6.45) is 0.982. The Labute approximate surface area is 186 Å². The fraction of sp³-hybridized carbons (Fsp3) is 0.174. The van der Waals surface area contributed by atoms with Gasteiger partial charge in [0.1, 0.15) is 5.75 Å². The van der Waals surface area contributed by atoms with Crippen LogP contribution in [0, 0.1) is 0 Å². The summed E-state index contributed by atoms with van der Waals surface area (Å²) in [5, 5.41) is 2.84. The van der Waals surface area contributed by atoms with Crippen LogP contribution in [0.25, 0.3) is 0 Å². The molecule has 160 valence electrons. The largest absolute Gasteiger partial charge is 0.476 e. The van der Waals surface area contributed by atoms with Gasteiger partial charge in [-0.2, -0.15) is 0 Å². The monoisotopic (exact) mass is 454 g/mol. The van der Waals surface area contributed by atoms with E-state index in [4.69, 9.17) is 4.74 Å². The van der Waals surface area contributed by atoms with Crippen LogP contribution in [-0.4, -0.2) is 33.2 Å². The summed E-state index contributed by atoms with van der Waals surface area (Å²) in [4.78, 5) is 14.0. The third kappa shape index (κ3) is 4.86. The van der Waals surface area contributed by atoms with Gasteiger partial charge in [-0.3, -0.25) is 9.10 Å². The number of amides is 1. The van der Waals surface area contributed by atoms with Crippen LogP contribution >= 0.6 is 11.8 Å². The maximum atomic E-state index is 13.3. The molecule has 0 radical (unpaired) electrons. The first kappa shape index (κ1) is 21.3. The van der Waals surface area contributed by atoms with E-state index in [1.165, 1.54) is 4.31 Å². The average molecular weight is 455 g/mol. The Balaban J connectivity index is 1.60. The zero-order valence-electron chi connectivity index (χ0n) is 16.9. The number of carbonyl (C=O) groups excluding carboxylic acids is 1. The third-order valence-corrected chi connectivity index (χ3v) is 7.33. The molecular weight excluding hydrogens is 432 g/mol. The normalized spacial score (nSPS) is 15.6. The van der Waals surface area contributed by atoms with Gasteiger partial charge < -0.3 is 10.1 Å². The summed E-state index contributed by atoms with van der Waals surface area (Å²) in [5.74, 6) is -0.192. The first-order chi connectivity index (χ1) is 15.0. The van der Waals surface area contributed by atoms with Crippen molar-refractivity contribution < 1.29 is 17.9 Å². The number of anilines is 2. The number of thioether (sulfide) groups is 1. The number of para-hydroxylation sites is 2. The number of benzene rings is 3. The summed E-state index contributed by atoms with van der Waals surface area (Å²) in [7, 11) is -3.73. The molecule has 0 bridgehead atoms. The minimum absolute atomic E-state index is 0.0970. The molecule has 4 rings (SSSR count). The van der Waals surface area contributed by atoms with E-state index in [0.29, 0.717) is 22.7 Å². The smallest absolute Gasteiger partial charge is 0.267 e. The fourth-order valence-electron chi connectivity index (χ4n) is 3.39. The van der Waals surface area contributed by atoms with Crippen LogP contribution in [0.2, 0.25) is 0 Å². The summed E-state index contributed by atoms with van der Waals surface area (Å²) < 4.78 is 33.7. The van der Waals surface area contributed by atoms with Crippen molar-refractivity contribution in [2.45, 2.75) is 16.8 Å². The topological polar surface area (TPSA) is 75.7 Å². The highest BCUT2D eigenvalue weighted by atomic mass is 32.2. The van der Waals surface area contributed by atoms with Crippen molar-refractivity contribution in [2.24, 2.45) is 0 Å². The predicted octanol–water partition coefficient (Wildman–Crippen LogP) is 4.14. The second kappa shape index (κ2) is 9.03. The Kier molecular flexibility index (Phi) is 6.20. The lowest BCUT2D eigenvalue weighted by molar-refractivity contribution is -0.122. The molecule has 6 nitrogen and oxygen atoms in total. The number of nitrogens with one attached hydrogen (secondary N) is 1. The van der Waals surface area contributed by atoms with E-state index < -0.39 is 22.0 Å². The number of hydrogen-bond acceptors (Lipinski definition) is 5. The number of rotatable bonds is 6. The Bertz CT molecular complexity index is 1180. The Morgan fingerprint density at radius 3 is 2.58 bits per heavy atom. The first-order valence-electron chi connectivity index (χ1n) is 9.71. The van der Waals surface area contributed by atoms with Gasteiger partial charge in [-0.15, -0.1) is 11.8 Å². The summed E-state index contributed by atoms with van der Waals surface area (Å²) in [6, 6.07) is 23.3. The average Bonchev–Trinajstić information content (AvgIpc) is 2.78. The molecule has 1 unspecified atom stereocenters. The number of ether oxygens (including phenoxy) is 1. The molecule has 1 atom stereocenters. The molecule has 3 aromatic rings. The minimum atomic E-state index is -3.73. The second-order valence-electron chi connectivity index (χ2n) is 7.07. The molecule has 0 saturated carbocycles. The molecule has 0 aromatic heterocycles. The van der Waals surface area contributed by atoms with Crippen molar-refractivity contribution >= 4 is 39.1 Å². The van der Waals surface area contributed by atoms with Crippen molar-refractivity contribution in [1.82, 2.24) is 0 Å². The van der Waals surface area contributed by atoms with E-state index in [1.807, 2.05) is 30.5 Å². The van der Waals surface area contributed by atoms with E-state index in [9.17, 15) is 13.2 Å². The van der Waals surface area contributed by atoms with Gasteiger partial charge >= 0.3 is 0 Å². The highest BCUT2D eigenvalue weighted by Gasteiger charge is 2.36. The van der Waals surface area contributed by atoms with E-state index in [1.54, 1.807) is 66.4 Å². The molecule has 0 fully saturated rings. The van der Waals surface area contributed by atoms with Gasteiger partial charge in [-0.05, 0) is 42.2 Å². The quantitative estimate of drug-likeness (QED) is 0.567.